The highest BCUT2D eigenvalue weighted by Crippen LogP contribution is 2.38. The topological polar surface area (TPSA) is 55.0 Å². The van der Waals surface area contributed by atoms with Crippen LogP contribution < -0.4 is 10.3 Å². The molecule has 29 heavy (non-hydrogen) atoms. The number of nitrogens with zero attached hydrogens (tertiary/aromatic N) is 1. The van der Waals surface area contributed by atoms with Crippen molar-refractivity contribution in [2.75, 3.05) is 27.2 Å². The van der Waals surface area contributed by atoms with Gasteiger partial charge in [0.2, 0.25) is 5.76 Å². The van der Waals surface area contributed by atoms with Gasteiger partial charge in [-0.05, 0) is 30.7 Å². The van der Waals surface area contributed by atoms with Crippen LogP contribution in [0.2, 0.25) is 5.02 Å². The molecule has 4 rings (SSSR count). The van der Waals surface area contributed by atoms with Gasteiger partial charge in [0, 0.05) is 18.0 Å². The van der Waals surface area contributed by atoms with Crippen LogP contribution in [-0.4, -0.2) is 38.0 Å². The van der Waals surface area contributed by atoms with Gasteiger partial charge in [-0.1, -0.05) is 41.4 Å². The van der Waals surface area contributed by atoms with Crippen molar-refractivity contribution in [1.29, 1.82) is 0 Å². The van der Waals surface area contributed by atoms with Crippen LogP contribution in [0.4, 0.5) is 0 Å². The number of rotatable bonds is 5. The van der Waals surface area contributed by atoms with E-state index in [-0.39, 0.29) is 17.1 Å². The summed E-state index contributed by atoms with van der Waals surface area (Å²) in [5, 5.41) is 0.868. The van der Waals surface area contributed by atoms with Crippen molar-refractivity contribution in [3.8, 4) is 0 Å². The smallest absolute Gasteiger partial charge is 0.290 e. The van der Waals surface area contributed by atoms with Gasteiger partial charge in [0.05, 0.1) is 37.6 Å². The fraction of sp³-hybridized carbons (Fsp3) is 0.304. The van der Waals surface area contributed by atoms with Crippen LogP contribution in [0.3, 0.4) is 0 Å². The fourth-order valence-electron chi connectivity index (χ4n) is 3.92. The van der Waals surface area contributed by atoms with Crippen molar-refractivity contribution in [2.45, 2.75) is 19.4 Å². The van der Waals surface area contributed by atoms with Gasteiger partial charge in [-0.2, -0.15) is 0 Å². The standard InChI is InChI=1S/C23H23ClN2O3/c1-14-5-7-15(8-6-14)20-19-21(27)17-13-16(24)9-10-18(17)29-22(19)23(28)26(20)12-4-11-25(2)3/h5-10,13,20H,4,11-12H2,1-3H3/p+1. The molecule has 0 saturated carbocycles. The molecule has 1 unspecified atom stereocenters. The van der Waals surface area contributed by atoms with Gasteiger partial charge in [-0.25, -0.2) is 0 Å². The van der Waals surface area contributed by atoms with E-state index in [9.17, 15) is 9.59 Å². The summed E-state index contributed by atoms with van der Waals surface area (Å²) in [6.07, 6.45) is 0.837. The van der Waals surface area contributed by atoms with Crippen molar-refractivity contribution in [3.05, 3.63) is 80.2 Å². The molecule has 1 aliphatic heterocycles. The summed E-state index contributed by atoms with van der Waals surface area (Å²) in [4.78, 5) is 29.7. The number of aryl methyl sites for hydroxylation is 1. The Balaban J connectivity index is 1.88. The third kappa shape index (κ3) is 3.56. The maximum absolute atomic E-state index is 13.4. The first kappa shape index (κ1) is 19.7. The van der Waals surface area contributed by atoms with E-state index in [1.54, 1.807) is 23.1 Å². The SMILES string of the molecule is Cc1ccc(C2c3c(oc4ccc(Cl)cc4c3=O)C(=O)N2CCC[NH+](C)C)cc1. The van der Waals surface area contributed by atoms with Crippen molar-refractivity contribution in [1.82, 2.24) is 4.90 Å². The van der Waals surface area contributed by atoms with Gasteiger partial charge in [-0.15, -0.1) is 0 Å². The van der Waals surface area contributed by atoms with E-state index < -0.39 is 6.04 Å². The Kier molecular flexibility index (Phi) is 5.19. The van der Waals surface area contributed by atoms with Crippen molar-refractivity contribution >= 4 is 28.5 Å². The average molecular weight is 412 g/mol. The second-order valence-corrected chi connectivity index (χ2v) is 8.37. The number of hydrogen-bond donors (Lipinski definition) is 1. The average Bonchev–Trinajstić information content (AvgIpc) is 2.95. The molecule has 0 aliphatic carbocycles. The van der Waals surface area contributed by atoms with Crippen LogP contribution in [0.25, 0.3) is 11.0 Å². The molecule has 1 aliphatic rings. The third-order valence-electron chi connectivity index (χ3n) is 5.40. The van der Waals surface area contributed by atoms with Crippen molar-refractivity contribution in [3.63, 3.8) is 0 Å². The molecule has 0 radical (unpaired) electrons. The second-order valence-electron chi connectivity index (χ2n) is 7.94. The lowest BCUT2D eigenvalue weighted by Crippen LogP contribution is -3.05. The number of carbonyl (C=O) groups is 1. The summed E-state index contributed by atoms with van der Waals surface area (Å²) >= 11 is 6.11. The lowest BCUT2D eigenvalue weighted by Gasteiger charge is -2.25. The molecule has 0 saturated heterocycles. The van der Waals surface area contributed by atoms with E-state index in [0.717, 1.165) is 24.1 Å². The Labute approximate surface area is 174 Å². The van der Waals surface area contributed by atoms with Crippen molar-refractivity contribution in [2.24, 2.45) is 0 Å². The molecule has 1 N–H and O–H groups in total. The predicted molar refractivity (Wildman–Crippen MR) is 114 cm³/mol. The molecule has 0 bridgehead atoms. The highest BCUT2D eigenvalue weighted by Gasteiger charge is 2.42. The van der Waals surface area contributed by atoms with Crippen molar-refractivity contribution < 1.29 is 14.1 Å². The summed E-state index contributed by atoms with van der Waals surface area (Å²) in [7, 11) is 4.17. The Morgan fingerprint density at radius 1 is 1.10 bits per heavy atom. The van der Waals surface area contributed by atoms with Gasteiger partial charge in [0.15, 0.2) is 5.43 Å². The molecule has 0 spiro atoms. The number of amides is 1. The lowest BCUT2D eigenvalue weighted by molar-refractivity contribution is -0.858. The van der Waals surface area contributed by atoms with E-state index in [4.69, 9.17) is 16.0 Å². The van der Waals surface area contributed by atoms with Gasteiger partial charge in [0.25, 0.3) is 5.91 Å². The van der Waals surface area contributed by atoms with Gasteiger partial charge in [-0.3, -0.25) is 9.59 Å². The number of benzene rings is 2. The van der Waals surface area contributed by atoms with E-state index in [0.29, 0.717) is 28.1 Å². The first-order valence-corrected chi connectivity index (χ1v) is 10.2. The number of carbonyl (C=O) groups excluding carboxylic acids is 1. The Bertz CT molecular complexity index is 1140. The second kappa shape index (κ2) is 7.65. The number of quaternary nitrogens is 1. The Morgan fingerprint density at radius 2 is 1.83 bits per heavy atom. The molecule has 6 heteroatoms. The summed E-state index contributed by atoms with van der Waals surface area (Å²) in [6.45, 7) is 3.50. The molecular weight excluding hydrogens is 388 g/mol. The van der Waals surface area contributed by atoms with E-state index in [2.05, 4.69) is 14.1 Å². The summed E-state index contributed by atoms with van der Waals surface area (Å²) in [6, 6.07) is 12.4. The van der Waals surface area contributed by atoms with E-state index in [1.165, 1.54) is 4.90 Å². The monoisotopic (exact) mass is 411 g/mol. The van der Waals surface area contributed by atoms with E-state index >= 15 is 0 Å². The third-order valence-corrected chi connectivity index (χ3v) is 5.63. The van der Waals surface area contributed by atoms with Crippen LogP contribution in [0.5, 0.6) is 0 Å². The summed E-state index contributed by atoms with van der Waals surface area (Å²) < 4.78 is 5.93. The number of fused-ring (bicyclic) bond motifs is 2. The normalized spacial score (nSPS) is 16.1. The lowest BCUT2D eigenvalue weighted by atomic mass is 9.97. The zero-order chi connectivity index (χ0) is 20.7. The van der Waals surface area contributed by atoms with Gasteiger partial charge in [0.1, 0.15) is 5.58 Å². The molecule has 1 amide bonds. The van der Waals surface area contributed by atoms with Gasteiger partial charge >= 0.3 is 0 Å². The molecule has 5 nitrogen and oxygen atoms in total. The molecule has 0 fully saturated rings. The fourth-order valence-corrected chi connectivity index (χ4v) is 4.09. The van der Waals surface area contributed by atoms with Crippen LogP contribution >= 0.6 is 11.6 Å². The molecule has 2 aromatic carbocycles. The molecule has 150 valence electrons. The molecule has 1 aromatic heterocycles. The molecule has 1 atom stereocenters. The van der Waals surface area contributed by atoms with Crippen LogP contribution in [-0.2, 0) is 0 Å². The van der Waals surface area contributed by atoms with Gasteiger partial charge < -0.3 is 14.2 Å². The predicted octanol–water partition coefficient (Wildman–Crippen LogP) is 2.83. The Morgan fingerprint density at radius 3 is 2.52 bits per heavy atom. The number of hydrogen-bond acceptors (Lipinski definition) is 3. The zero-order valence-corrected chi connectivity index (χ0v) is 17.5. The maximum atomic E-state index is 13.4. The zero-order valence-electron chi connectivity index (χ0n) is 16.8. The number of nitrogens with one attached hydrogen (secondary N) is 1. The van der Waals surface area contributed by atoms with E-state index in [1.807, 2.05) is 31.2 Å². The molecular formula is C23H24ClN2O3+. The summed E-state index contributed by atoms with van der Waals surface area (Å²) in [5.74, 6) is -0.0825. The number of halogens is 1. The largest absolute Gasteiger partial charge is 0.450 e. The molecule has 2 heterocycles. The maximum Gasteiger partial charge on any atom is 0.290 e. The highest BCUT2D eigenvalue weighted by molar-refractivity contribution is 6.31. The Hall–Kier alpha value is -2.63. The molecule has 3 aromatic rings. The van der Waals surface area contributed by atoms with Crippen LogP contribution in [0.15, 0.2) is 51.7 Å². The minimum Gasteiger partial charge on any atom is -0.450 e. The first-order valence-electron chi connectivity index (χ1n) is 9.79. The minimum atomic E-state index is -0.449. The minimum absolute atomic E-state index is 0.146. The van der Waals surface area contributed by atoms with Crippen LogP contribution in [0, 0.1) is 6.92 Å². The van der Waals surface area contributed by atoms with Crippen LogP contribution in [0.1, 0.15) is 39.7 Å². The quantitative estimate of drug-likeness (QED) is 0.702. The first-order chi connectivity index (χ1) is 13.9. The summed E-state index contributed by atoms with van der Waals surface area (Å²) in [5.41, 5.74) is 2.63. The highest BCUT2D eigenvalue weighted by atomic mass is 35.5.